The number of nitriles is 1. The molecule has 0 aromatic carbocycles. The fourth-order valence-electron chi connectivity index (χ4n) is 3.93. The van der Waals surface area contributed by atoms with Gasteiger partial charge in [0.15, 0.2) is 11.5 Å². The van der Waals surface area contributed by atoms with Gasteiger partial charge in [0.1, 0.15) is 6.07 Å². The van der Waals surface area contributed by atoms with Crippen molar-refractivity contribution < 1.29 is 4.79 Å². The van der Waals surface area contributed by atoms with Crippen molar-refractivity contribution in [2.75, 3.05) is 11.6 Å². The van der Waals surface area contributed by atoms with Gasteiger partial charge < -0.3 is 10.6 Å². The quantitative estimate of drug-likeness (QED) is 0.362. The number of nitrogens with zero attached hydrogens (tertiary/aromatic N) is 5. The summed E-state index contributed by atoms with van der Waals surface area (Å²) in [5.41, 5.74) is 2.38. The van der Waals surface area contributed by atoms with Crippen LogP contribution in [0.1, 0.15) is 41.6 Å². The van der Waals surface area contributed by atoms with Gasteiger partial charge in [-0.25, -0.2) is 9.97 Å². The molecule has 3 aromatic heterocycles. The Hall–Kier alpha value is -2.77. The van der Waals surface area contributed by atoms with Gasteiger partial charge in [-0.05, 0) is 43.9 Å². The molecule has 2 aliphatic carbocycles. The number of carbonyl (C=O) groups is 1. The smallest absolute Gasteiger partial charge is 0.255 e. The SMILES string of the molecule is CSC(S)[C@H]1C[C@H](NC(=O)c2cnc(-n3ncc4cc(C#N)cnc43)cc2NC2CC2)C1. The molecular weight excluding hydrogens is 442 g/mol. The lowest BCUT2D eigenvalue weighted by atomic mass is 9.81. The Labute approximate surface area is 195 Å². The van der Waals surface area contributed by atoms with Crippen LogP contribution in [0, 0.1) is 17.2 Å². The summed E-state index contributed by atoms with van der Waals surface area (Å²) in [5.74, 6) is 0.987. The first kappa shape index (κ1) is 21.1. The molecule has 2 aliphatic rings. The van der Waals surface area contributed by atoms with E-state index >= 15 is 0 Å². The largest absolute Gasteiger partial charge is 0.382 e. The normalized spacial score (nSPS) is 20.9. The summed E-state index contributed by atoms with van der Waals surface area (Å²) in [5, 5.41) is 20.9. The molecule has 0 spiro atoms. The highest BCUT2D eigenvalue weighted by Crippen LogP contribution is 2.37. The maximum atomic E-state index is 13.0. The molecule has 164 valence electrons. The second-order valence-corrected chi connectivity index (χ2v) is 10.2. The Kier molecular flexibility index (Phi) is 5.69. The van der Waals surface area contributed by atoms with E-state index in [1.54, 1.807) is 34.9 Å². The summed E-state index contributed by atoms with van der Waals surface area (Å²) in [6.07, 6.45) is 10.9. The molecule has 0 radical (unpaired) electrons. The number of thioether (sulfide) groups is 1. The van der Waals surface area contributed by atoms with Gasteiger partial charge in [-0.2, -0.15) is 39.4 Å². The van der Waals surface area contributed by atoms with Crippen molar-refractivity contribution in [2.24, 2.45) is 5.92 Å². The molecule has 32 heavy (non-hydrogen) atoms. The number of amides is 1. The minimum Gasteiger partial charge on any atom is -0.382 e. The van der Waals surface area contributed by atoms with Gasteiger partial charge in [-0.3, -0.25) is 4.79 Å². The second-order valence-electron chi connectivity index (χ2n) is 8.34. The number of thiol groups is 1. The number of hydrogen-bond acceptors (Lipinski definition) is 8. The highest BCUT2D eigenvalue weighted by atomic mass is 32.2. The molecule has 8 nitrogen and oxygen atoms in total. The topological polar surface area (TPSA) is 109 Å². The molecule has 2 saturated carbocycles. The van der Waals surface area contributed by atoms with E-state index < -0.39 is 0 Å². The third-order valence-electron chi connectivity index (χ3n) is 5.98. The van der Waals surface area contributed by atoms with Crippen molar-refractivity contribution in [1.82, 2.24) is 25.1 Å². The predicted molar refractivity (Wildman–Crippen MR) is 128 cm³/mol. The Morgan fingerprint density at radius 2 is 2.06 bits per heavy atom. The molecule has 5 rings (SSSR count). The molecule has 3 aromatic rings. The summed E-state index contributed by atoms with van der Waals surface area (Å²) >= 11 is 6.34. The predicted octanol–water partition coefficient (Wildman–Crippen LogP) is 3.39. The Balaban J connectivity index is 1.39. The molecule has 0 aliphatic heterocycles. The fourth-order valence-corrected chi connectivity index (χ4v) is 4.78. The molecule has 3 heterocycles. The number of rotatable bonds is 7. The van der Waals surface area contributed by atoms with Gasteiger partial charge in [0.25, 0.3) is 5.91 Å². The Morgan fingerprint density at radius 3 is 2.78 bits per heavy atom. The first-order chi connectivity index (χ1) is 15.6. The van der Waals surface area contributed by atoms with Crippen LogP contribution in [0.15, 0.2) is 30.7 Å². The van der Waals surface area contributed by atoms with E-state index in [9.17, 15) is 4.79 Å². The summed E-state index contributed by atoms with van der Waals surface area (Å²) < 4.78 is 1.94. The lowest BCUT2D eigenvalue weighted by molar-refractivity contribution is 0.0895. The van der Waals surface area contributed by atoms with E-state index in [2.05, 4.69) is 50.7 Å². The first-order valence-corrected chi connectivity index (χ1v) is 12.4. The average Bonchev–Trinajstić information content (AvgIpc) is 3.50. The molecule has 10 heteroatoms. The van der Waals surface area contributed by atoms with Crippen molar-refractivity contribution in [1.29, 1.82) is 5.26 Å². The minimum absolute atomic E-state index is 0.113. The Bertz CT molecular complexity index is 1210. The zero-order chi connectivity index (χ0) is 22.2. The van der Waals surface area contributed by atoms with Gasteiger partial charge in [-0.15, -0.1) is 0 Å². The lowest BCUT2D eigenvalue weighted by Crippen LogP contribution is -2.46. The zero-order valence-electron chi connectivity index (χ0n) is 17.5. The lowest BCUT2D eigenvalue weighted by Gasteiger charge is -2.38. The second kappa shape index (κ2) is 8.64. The molecule has 1 atom stereocenters. The summed E-state index contributed by atoms with van der Waals surface area (Å²) in [6.45, 7) is 0. The van der Waals surface area contributed by atoms with Crippen molar-refractivity contribution in [3.05, 3.63) is 41.9 Å². The summed E-state index contributed by atoms with van der Waals surface area (Å²) in [4.78, 5) is 21.9. The zero-order valence-corrected chi connectivity index (χ0v) is 19.2. The van der Waals surface area contributed by atoms with E-state index in [0.717, 1.165) is 36.8 Å². The molecule has 0 saturated heterocycles. The molecule has 2 fully saturated rings. The third kappa shape index (κ3) is 4.14. The van der Waals surface area contributed by atoms with Crippen LogP contribution >= 0.6 is 24.4 Å². The van der Waals surface area contributed by atoms with Gasteiger partial charge in [0.05, 0.1) is 23.0 Å². The van der Waals surface area contributed by atoms with Crippen LogP contribution in [0.5, 0.6) is 0 Å². The van der Waals surface area contributed by atoms with E-state index in [4.69, 9.17) is 5.26 Å². The van der Waals surface area contributed by atoms with Gasteiger partial charge in [-0.1, -0.05) is 0 Å². The maximum Gasteiger partial charge on any atom is 0.255 e. The van der Waals surface area contributed by atoms with Crippen LogP contribution < -0.4 is 10.6 Å². The van der Waals surface area contributed by atoms with E-state index in [1.165, 1.54) is 6.20 Å². The first-order valence-electron chi connectivity index (χ1n) is 10.6. The highest BCUT2D eigenvalue weighted by Gasteiger charge is 2.35. The number of anilines is 1. The van der Waals surface area contributed by atoms with Crippen LogP contribution in [0.4, 0.5) is 5.69 Å². The molecule has 1 unspecified atom stereocenters. The monoisotopic (exact) mass is 465 g/mol. The van der Waals surface area contributed by atoms with Crippen LogP contribution in [-0.4, -0.2) is 48.6 Å². The van der Waals surface area contributed by atoms with Crippen molar-refractivity contribution in [3.8, 4) is 11.9 Å². The molecular formula is C22H23N7OS2. The van der Waals surface area contributed by atoms with Gasteiger partial charge in [0.2, 0.25) is 0 Å². The summed E-state index contributed by atoms with van der Waals surface area (Å²) in [6, 6.07) is 6.24. The van der Waals surface area contributed by atoms with E-state index in [0.29, 0.717) is 39.1 Å². The number of hydrogen-bond donors (Lipinski definition) is 3. The van der Waals surface area contributed by atoms with Crippen molar-refractivity contribution in [3.63, 3.8) is 0 Å². The number of pyridine rings is 2. The van der Waals surface area contributed by atoms with Gasteiger partial charge >= 0.3 is 0 Å². The minimum atomic E-state index is -0.113. The molecule has 1 amide bonds. The third-order valence-corrected chi connectivity index (χ3v) is 7.90. The van der Waals surface area contributed by atoms with Crippen LogP contribution in [-0.2, 0) is 0 Å². The van der Waals surface area contributed by atoms with Crippen molar-refractivity contribution in [2.45, 2.75) is 42.3 Å². The Morgan fingerprint density at radius 1 is 1.25 bits per heavy atom. The number of nitrogens with one attached hydrogen (secondary N) is 2. The van der Waals surface area contributed by atoms with Crippen LogP contribution in [0.2, 0.25) is 0 Å². The molecule has 2 N–H and O–H groups in total. The van der Waals surface area contributed by atoms with Crippen molar-refractivity contribution >= 4 is 47.0 Å². The number of aromatic nitrogens is 4. The van der Waals surface area contributed by atoms with E-state index in [-0.39, 0.29) is 11.9 Å². The average molecular weight is 466 g/mol. The maximum absolute atomic E-state index is 13.0. The fraction of sp³-hybridized carbons (Fsp3) is 0.409. The summed E-state index contributed by atoms with van der Waals surface area (Å²) in [7, 11) is 0. The molecule has 0 bridgehead atoms. The van der Waals surface area contributed by atoms with Crippen LogP contribution in [0.3, 0.4) is 0 Å². The number of fused-ring (bicyclic) bond motifs is 1. The van der Waals surface area contributed by atoms with Crippen LogP contribution in [0.25, 0.3) is 16.9 Å². The van der Waals surface area contributed by atoms with E-state index in [1.807, 2.05) is 6.07 Å². The standard InChI is InChI=1S/C22H23N7OS2/c1-32-22(31)13-5-16(6-13)28-21(30)17-11-24-19(7-18(17)27-15-2-3-15)29-20-14(10-26-29)4-12(8-23)9-25-20/h4,7,9-11,13,15-16,22,31H,2-3,5-6H2,1H3,(H,24,27)(H,28,30)/t13-,16-,22?. The number of carbonyl (C=O) groups excluding carboxylic acids is 1. The van der Waals surface area contributed by atoms with Gasteiger partial charge in [0, 0.05) is 40.5 Å². The highest BCUT2D eigenvalue weighted by molar-refractivity contribution is 8.09.